The number of methoxy groups -OCH3 is 1. The molecule has 1 N–H and O–H groups in total. The molecule has 4 heteroatoms. The van der Waals surface area contributed by atoms with Crippen molar-refractivity contribution in [3.8, 4) is 5.75 Å². The molecule has 19 heavy (non-hydrogen) atoms. The first-order valence-corrected chi connectivity index (χ1v) is 6.56. The van der Waals surface area contributed by atoms with Crippen molar-refractivity contribution in [3.63, 3.8) is 0 Å². The van der Waals surface area contributed by atoms with Gasteiger partial charge >= 0.3 is 0 Å². The molecule has 0 amide bonds. The van der Waals surface area contributed by atoms with E-state index in [0.717, 1.165) is 24.4 Å². The number of aromatic amines is 1. The summed E-state index contributed by atoms with van der Waals surface area (Å²) < 4.78 is 5.30. The molecule has 0 aliphatic heterocycles. The van der Waals surface area contributed by atoms with Gasteiger partial charge in [-0.1, -0.05) is 19.1 Å². The van der Waals surface area contributed by atoms with Gasteiger partial charge in [-0.15, -0.1) is 0 Å². The Morgan fingerprint density at radius 2 is 2.26 bits per heavy atom. The predicted molar refractivity (Wildman–Crippen MR) is 76.1 cm³/mol. The first kappa shape index (κ1) is 13.6. The van der Waals surface area contributed by atoms with E-state index in [1.165, 1.54) is 5.56 Å². The van der Waals surface area contributed by atoms with Crippen molar-refractivity contribution in [1.29, 1.82) is 0 Å². The summed E-state index contributed by atoms with van der Waals surface area (Å²) in [6, 6.07) is 8.66. The molecule has 0 aliphatic rings. The van der Waals surface area contributed by atoms with Gasteiger partial charge in [0.15, 0.2) is 0 Å². The van der Waals surface area contributed by atoms with Crippen molar-refractivity contribution < 1.29 is 4.74 Å². The molecule has 4 nitrogen and oxygen atoms in total. The van der Waals surface area contributed by atoms with Crippen LogP contribution < -0.4 is 4.74 Å². The topological polar surface area (TPSA) is 41.1 Å². The minimum atomic E-state index is 0.374. The van der Waals surface area contributed by atoms with Gasteiger partial charge < -0.3 is 9.72 Å². The van der Waals surface area contributed by atoms with Crippen molar-refractivity contribution in [3.05, 3.63) is 48.0 Å². The summed E-state index contributed by atoms with van der Waals surface area (Å²) in [5.41, 5.74) is 2.41. The van der Waals surface area contributed by atoms with Gasteiger partial charge in [0.1, 0.15) is 5.75 Å². The highest BCUT2D eigenvalue weighted by Gasteiger charge is 2.16. The molecule has 102 valence electrons. The van der Waals surface area contributed by atoms with Crippen LogP contribution in [-0.4, -0.2) is 29.0 Å². The Bertz CT molecular complexity index is 496. The number of hydrogen-bond donors (Lipinski definition) is 1. The molecule has 0 aliphatic carbocycles. The lowest BCUT2D eigenvalue weighted by atomic mass is 10.0. The minimum absolute atomic E-state index is 0.374. The summed E-state index contributed by atoms with van der Waals surface area (Å²) in [7, 11) is 3.84. The van der Waals surface area contributed by atoms with E-state index in [-0.39, 0.29) is 0 Å². The van der Waals surface area contributed by atoms with Crippen LogP contribution in [0.5, 0.6) is 5.75 Å². The zero-order valence-corrected chi connectivity index (χ0v) is 11.8. The van der Waals surface area contributed by atoms with E-state index in [1.54, 1.807) is 13.4 Å². The van der Waals surface area contributed by atoms with E-state index in [4.69, 9.17) is 4.74 Å². The Hall–Kier alpha value is -1.81. The minimum Gasteiger partial charge on any atom is -0.497 e. The Kier molecular flexibility index (Phi) is 4.58. The van der Waals surface area contributed by atoms with Gasteiger partial charge in [0.25, 0.3) is 0 Å². The number of nitrogens with one attached hydrogen (secondary N) is 1. The van der Waals surface area contributed by atoms with Crippen LogP contribution in [0.15, 0.2) is 36.8 Å². The fourth-order valence-electron chi connectivity index (χ4n) is 2.40. The van der Waals surface area contributed by atoms with Crippen LogP contribution in [0.1, 0.15) is 30.6 Å². The molecule has 0 saturated heterocycles. The van der Waals surface area contributed by atoms with E-state index in [9.17, 15) is 0 Å². The Morgan fingerprint density at radius 1 is 1.42 bits per heavy atom. The highest BCUT2D eigenvalue weighted by Crippen LogP contribution is 2.26. The number of ether oxygens (including phenoxy) is 1. The number of rotatable bonds is 6. The summed E-state index contributed by atoms with van der Waals surface area (Å²) in [5, 5.41) is 0. The molecule has 1 atom stereocenters. The molecule has 2 aromatic rings. The van der Waals surface area contributed by atoms with Crippen molar-refractivity contribution in [2.45, 2.75) is 25.9 Å². The van der Waals surface area contributed by atoms with Gasteiger partial charge in [-0.3, -0.25) is 4.90 Å². The molecule has 1 unspecified atom stereocenters. The van der Waals surface area contributed by atoms with Gasteiger partial charge in [0.05, 0.1) is 13.4 Å². The van der Waals surface area contributed by atoms with Crippen molar-refractivity contribution in [1.82, 2.24) is 14.9 Å². The maximum atomic E-state index is 5.30. The van der Waals surface area contributed by atoms with Crippen molar-refractivity contribution in [2.75, 3.05) is 14.2 Å². The number of imidazole rings is 1. The molecule has 1 aromatic heterocycles. The van der Waals surface area contributed by atoms with E-state index < -0.39 is 0 Å². The monoisotopic (exact) mass is 259 g/mol. The SMILES string of the molecule is CCC(c1cccc(OC)c1)N(C)Cc1cnc[nH]1. The second-order valence-corrected chi connectivity index (χ2v) is 4.69. The molecule has 1 aromatic carbocycles. The third-order valence-corrected chi connectivity index (χ3v) is 3.37. The third kappa shape index (κ3) is 3.35. The number of benzene rings is 1. The summed E-state index contributed by atoms with van der Waals surface area (Å²) in [4.78, 5) is 9.52. The van der Waals surface area contributed by atoms with Crippen molar-refractivity contribution in [2.24, 2.45) is 0 Å². The van der Waals surface area contributed by atoms with Gasteiger partial charge in [0, 0.05) is 24.5 Å². The third-order valence-electron chi connectivity index (χ3n) is 3.37. The van der Waals surface area contributed by atoms with Gasteiger partial charge in [0.2, 0.25) is 0 Å². The average molecular weight is 259 g/mol. The van der Waals surface area contributed by atoms with Gasteiger partial charge in [-0.05, 0) is 31.2 Å². The molecular formula is C15H21N3O. The summed E-state index contributed by atoms with van der Waals surface area (Å²) >= 11 is 0. The number of aromatic nitrogens is 2. The van der Waals surface area contributed by atoms with Crippen LogP contribution in [-0.2, 0) is 6.54 Å². The van der Waals surface area contributed by atoms with Crippen LogP contribution in [0.25, 0.3) is 0 Å². The van der Waals surface area contributed by atoms with E-state index >= 15 is 0 Å². The lowest BCUT2D eigenvalue weighted by molar-refractivity contribution is 0.227. The number of nitrogens with zero attached hydrogens (tertiary/aromatic N) is 2. The van der Waals surface area contributed by atoms with Crippen LogP contribution in [0.4, 0.5) is 0 Å². The smallest absolute Gasteiger partial charge is 0.119 e. The summed E-state index contributed by atoms with van der Waals surface area (Å²) in [6.45, 7) is 3.06. The number of hydrogen-bond acceptors (Lipinski definition) is 3. The molecule has 0 fully saturated rings. The largest absolute Gasteiger partial charge is 0.497 e. The van der Waals surface area contributed by atoms with Crippen LogP contribution in [0.3, 0.4) is 0 Å². The fraction of sp³-hybridized carbons (Fsp3) is 0.400. The van der Waals surface area contributed by atoms with Crippen LogP contribution in [0.2, 0.25) is 0 Å². The lowest BCUT2D eigenvalue weighted by Gasteiger charge is -2.27. The second-order valence-electron chi connectivity index (χ2n) is 4.69. The molecule has 0 bridgehead atoms. The summed E-state index contributed by atoms with van der Waals surface area (Å²) in [5.74, 6) is 0.908. The highest BCUT2D eigenvalue weighted by atomic mass is 16.5. The molecule has 1 heterocycles. The Morgan fingerprint density at radius 3 is 2.89 bits per heavy atom. The maximum Gasteiger partial charge on any atom is 0.119 e. The van der Waals surface area contributed by atoms with Crippen LogP contribution in [0, 0.1) is 0 Å². The zero-order chi connectivity index (χ0) is 13.7. The standard InChI is InChI=1S/C15H21N3O/c1-4-15(12-6-5-7-14(8-12)19-3)18(2)10-13-9-16-11-17-13/h5-9,11,15H,4,10H2,1-3H3,(H,16,17). The Balaban J connectivity index is 2.13. The van der Waals surface area contributed by atoms with E-state index in [1.807, 2.05) is 18.3 Å². The highest BCUT2D eigenvalue weighted by molar-refractivity contribution is 5.30. The van der Waals surface area contributed by atoms with Gasteiger partial charge in [-0.25, -0.2) is 4.98 Å². The molecule has 0 radical (unpaired) electrons. The van der Waals surface area contributed by atoms with E-state index in [2.05, 4.69) is 41.0 Å². The normalized spacial score (nSPS) is 12.6. The predicted octanol–water partition coefficient (Wildman–Crippen LogP) is 3.00. The van der Waals surface area contributed by atoms with Gasteiger partial charge in [-0.2, -0.15) is 0 Å². The molecule has 0 saturated carbocycles. The summed E-state index contributed by atoms with van der Waals surface area (Å²) in [6.07, 6.45) is 4.64. The zero-order valence-electron chi connectivity index (χ0n) is 11.8. The van der Waals surface area contributed by atoms with Crippen LogP contribution >= 0.6 is 0 Å². The lowest BCUT2D eigenvalue weighted by Crippen LogP contribution is -2.24. The van der Waals surface area contributed by atoms with E-state index in [0.29, 0.717) is 6.04 Å². The van der Waals surface area contributed by atoms with Crippen molar-refractivity contribution >= 4 is 0 Å². The number of H-pyrrole nitrogens is 1. The molecule has 2 rings (SSSR count). The Labute approximate surface area is 114 Å². The fourth-order valence-corrected chi connectivity index (χ4v) is 2.40. The average Bonchev–Trinajstić information content (AvgIpc) is 2.92. The maximum absolute atomic E-state index is 5.30. The quantitative estimate of drug-likeness (QED) is 0.867. The first-order valence-electron chi connectivity index (χ1n) is 6.56. The first-order chi connectivity index (χ1) is 9.24. The second kappa shape index (κ2) is 6.38. The molecular weight excluding hydrogens is 238 g/mol. The molecule has 0 spiro atoms.